The number of carboxylic acid groups (broad SMARTS) is 1. The van der Waals surface area contributed by atoms with Crippen LogP contribution >= 0.6 is 0 Å². The highest BCUT2D eigenvalue weighted by molar-refractivity contribution is 5.89. The number of carbonyl (C=O) groups excluding carboxylic acids is 1. The molecule has 0 unspecified atom stereocenters. The summed E-state index contributed by atoms with van der Waals surface area (Å²) in [5.74, 6) is -2.55. The standard InChI is InChI=1S/C29H37F2N3O3.C2HF3O2/c1-36-25-11-8-19(16-26(25)37-2)29-13-12-21(32-28(35)33-24-17-20(30)9-10-23(24)31)18-27(29)34(15-14-29)22-6-4-3-5-7-22;3-2(4,5)1(6)7/h8-11,16-17,21-22,27H,3-7,12-15,18H2,1-2H3,(H2,32,33,35);(H,6,7)/t21-,27+,29+;/m1./s1. The molecule has 8 nitrogen and oxygen atoms in total. The number of urea groups is 1. The number of nitrogens with zero attached hydrogens (tertiary/aromatic N) is 1. The second-order valence-corrected chi connectivity index (χ2v) is 11.5. The van der Waals surface area contributed by atoms with Crippen LogP contribution in [0, 0.1) is 11.6 Å². The molecule has 1 heterocycles. The van der Waals surface area contributed by atoms with Crippen molar-refractivity contribution < 1.29 is 46.1 Å². The molecule has 2 amide bonds. The predicted molar refractivity (Wildman–Crippen MR) is 153 cm³/mol. The third-order valence-electron chi connectivity index (χ3n) is 9.06. The van der Waals surface area contributed by atoms with Crippen molar-refractivity contribution in [2.45, 2.75) is 87.5 Å². The summed E-state index contributed by atoms with van der Waals surface area (Å²) in [7, 11) is 3.32. The Balaban J connectivity index is 0.000000566. The van der Waals surface area contributed by atoms with Crippen molar-refractivity contribution in [1.29, 1.82) is 0 Å². The number of methoxy groups -OCH3 is 2. The number of benzene rings is 2. The van der Waals surface area contributed by atoms with E-state index in [2.05, 4.69) is 27.7 Å². The number of fused-ring (bicyclic) bond motifs is 1. The maximum absolute atomic E-state index is 14.1. The molecule has 2 aliphatic carbocycles. The number of hydrogen-bond donors (Lipinski definition) is 3. The Hall–Kier alpha value is -3.61. The van der Waals surface area contributed by atoms with E-state index in [-0.39, 0.29) is 23.2 Å². The van der Waals surface area contributed by atoms with Crippen molar-refractivity contribution in [3.05, 3.63) is 53.6 Å². The van der Waals surface area contributed by atoms with Crippen LogP contribution < -0.4 is 20.1 Å². The molecule has 242 valence electrons. The zero-order valence-corrected chi connectivity index (χ0v) is 24.7. The lowest BCUT2D eigenvalue weighted by Crippen LogP contribution is -2.55. The minimum Gasteiger partial charge on any atom is -0.493 e. The third-order valence-corrected chi connectivity index (χ3v) is 9.06. The molecular weight excluding hydrogens is 589 g/mol. The van der Waals surface area contributed by atoms with Crippen LogP contribution in [0.15, 0.2) is 36.4 Å². The number of carbonyl (C=O) groups is 2. The van der Waals surface area contributed by atoms with Gasteiger partial charge in [-0.2, -0.15) is 13.2 Å². The van der Waals surface area contributed by atoms with Crippen molar-refractivity contribution in [2.24, 2.45) is 0 Å². The van der Waals surface area contributed by atoms with E-state index in [1.807, 2.05) is 6.07 Å². The van der Waals surface area contributed by atoms with E-state index in [1.165, 1.54) is 37.7 Å². The molecule has 0 radical (unpaired) electrons. The Morgan fingerprint density at radius 3 is 2.27 bits per heavy atom. The second kappa shape index (κ2) is 14.0. The molecule has 1 aliphatic heterocycles. The number of halogens is 5. The number of alkyl halides is 3. The molecule has 13 heteroatoms. The first-order valence-corrected chi connectivity index (χ1v) is 14.7. The molecule has 0 bridgehead atoms. The SMILES string of the molecule is COc1ccc([C@@]23CC[C@@H](NC(=O)Nc4cc(F)ccc4F)C[C@@H]2N(C2CCCCC2)CC3)cc1OC.O=C(O)C(F)(F)F. The maximum atomic E-state index is 14.1. The number of aliphatic carboxylic acids is 1. The van der Waals surface area contributed by atoms with E-state index in [1.54, 1.807) is 14.2 Å². The fourth-order valence-electron chi connectivity index (χ4n) is 6.99. The topological polar surface area (TPSA) is 100 Å². The van der Waals surface area contributed by atoms with Gasteiger partial charge in [0.15, 0.2) is 11.5 Å². The first-order valence-electron chi connectivity index (χ1n) is 14.7. The number of likely N-dealkylation sites (tertiary alicyclic amines) is 1. The summed E-state index contributed by atoms with van der Waals surface area (Å²) >= 11 is 0. The average molecular weight is 628 g/mol. The molecule has 3 N–H and O–H groups in total. The summed E-state index contributed by atoms with van der Waals surface area (Å²) in [5, 5.41) is 12.7. The van der Waals surface area contributed by atoms with Crippen LogP contribution in [0.5, 0.6) is 11.5 Å². The molecule has 2 aromatic carbocycles. The van der Waals surface area contributed by atoms with E-state index in [0.29, 0.717) is 6.04 Å². The zero-order chi connectivity index (χ0) is 32.1. The number of rotatable bonds is 6. The Kier molecular flexibility index (Phi) is 10.6. The first kappa shape index (κ1) is 33.3. The van der Waals surface area contributed by atoms with Crippen LogP contribution in [-0.4, -0.2) is 67.1 Å². The van der Waals surface area contributed by atoms with Gasteiger partial charge in [0.1, 0.15) is 11.6 Å². The maximum Gasteiger partial charge on any atom is 0.490 e. The lowest BCUT2D eigenvalue weighted by Gasteiger charge is -2.47. The normalized spacial score (nSPS) is 24.0. The van der Waals surface area contributed by atoms with Crippen molar-refractivity contribution in [3.8, 4) is 11.5 Å². The summed E-state index contributed by atoms with van der Waals surface area (Å²) < 4.78 is 70.5. The van der Waals surface area contributed by atoms with Crippen LogP contribution in [0.2, 0.25) is 0 Å². The summed E-state index contributed by atoms with van der Waals surface area (Å²) in [6.45, 7) is 1.04. The summed E-state index contributed by atoms with van der Waals surface area (Å²) in [6, 6.07) is 9.63. The van der Waals surface area contributed by atoms with Gasteiger partial charge in [-0.25, -0.2) is 18.4 Å². The monoisotopic (exact) mass is 627 g/mol. The van der Waals surface area contributed by atoms with Gasteiger partial charge in [0.2, 0.25) is 0 Å². The van der Waals surface area contributed by atoms with E-state index >= 15 is 0 Å². The van der Waals surface area contributed by atoms with Crippen molar-refractivity contribution in [1.82, 2.24) is 10.2 Å². The fourth-order valence-corrected chi connectivity index (χ4v) is 6.99. The Labute approximate surface area is 252 Å². The van der Waals surface area contributed by atoms with Gasteiger partial charge >= 0.3 is 18.2 Å². The first-order chi connectivity index (χ1) is 20.9. The molecule has 1 saturated heterocycles. The molecule has 44 heavy (non-hydrogen) atoms. The number of carboxylic acids is 1. The number of anilines is 1. The number of ether oxygens (including phenoxy) is 2. The molecule has 3 atom stereocenters. The Morgan fingerprint density at radius 1 is 0.955 bits per heavy atom. The highest BCUT2D eigenvalue weighted by Gasteiger charge is 2.53. The summed E-state index contributed by atoms with van der Waals surface area (Å²) in [5.41, 5.74) is 1.08. The van der Waals surface area contributed by atoms with Gasteiger partial charge < -0.3 is 25.2 Å². The molecule has 0 aromatic heterocycles. The van der Waals surface area contributed by atoms with E-state index in [4.69, 9.17) is 19.4 Å². The predicted octanol–water partition coefficient (Wildman–Crippen LogP) is 6.63. The lowest BCUT2D eigenvalue weighted by atomic mass is 9.64. The van der Waals surface area contributed by atoms with Crippen LogP contribution in [-0.2, 0) is 10.2 Å². The highest BCUT2D eigenvalue weighted by atomic mass is 19.4. The molecular formula is C31H38F5N3O5. The Morgan fingerprint density at radius 2 is 1.64 bits per heavy atom. The summed E-state index contributed by atoms with van der Waals surface area (Å²) in [6.07, 6.45) is 4.79. The minimum atomic E-state index is -5.08. The van der Waals surface area contributed by atoms with Crippen molar-refractivity contribution in [2.75, 3.05) is 26.1 Å². The van der Waals surface area contributed by atoms with Crippen LogP contribution in [0.1, 0.15) is 63.4 Å². The van der Waals surface area contributed by atoms with Gasteiger partial charge in [-0.3, -0.25) is 4.90 Å². The minimum absolute atomic E-state index is 0.0275. The van der Waals surface area contributed by atoms with Crippen LogP contribution in [0.4, 0.5) is 32.4 Å². The van der Waals surface area contributed by atoms with E-state index in [9.17, 15) is 26.7 Å². The highest BCUT2D eigenvalue weighted by Crippen LogP contribution is 2.51. The van der Waals surface area contributed by atoms with Crippen LogP contribution in [0.3, 0.4) is 0 Å². The molecule has 2 saturated carbocycles. The van der Waals surface area contributed by atoms with Gasteiger partial charge in [-0.05, 0) is 74.9 Å². The van der Waals surface area contributed by atoms with E-state index in [0.717, 1.165) is 61.9 Å². The van der Waals surface area contributed by atoms with Gasteiger partial charge in [0.05, 0.1) is 19.9 Å². The summed E-state index contributed by atoms with van der Waals surface area (Å²) in [4.78, 5) is 24.4. The number of amides is 2. The van der Waals surface area contributed by atoms with Gasteiger partial charge in [0.25, 0.3) is 0 Å². The van der Waals surface area contributed by atoms with Gasteiger partial charge in [-0.1, -0.05) is 25.3 Å². The quantitative estimate of drug-likeness (QED) is 0.311. The smallest absolute Gasteiger partial charge is 0.490 e. The van der Waals surface area contributed by atoms with Gasteiger partial charge in [-0.15, -0.1) is 0 Å². The molecule has 5 rings (SSSR count). The van der Waals surface area contributed by atoms with E-state index < -0.39 is 29.8 Å². The lowest BCUT2D eigenvalue weighted by molar-refractivity contribution is -0.192. The van der Waals surface area contributed by atoms with Crippen molar-refractivity contribution >= 4 is 17.7 Å². The molecule has 0 spiro atoms. The second-order valence-electron chi connectivity index (χ2n) is 11.5. The average Bonchev–Trinajstić information content (AvgIpc) is 3.39. The molecule has 2 aromatic rings. The fraction of sp³-hybridized carbons (Fsp3) is 0.548. The molecule has 3 fully saturated rings. The third kappa shape index (κ3) is 7.54. The largest absolute Gasteiger partial charge is 0.493 e. The van der Waals surface area contributed by atoms with Crippen molar-refractivity contribution in [3.63, 3.8) is 0 Å². The van der Waals surface area contributed by atoms with Gasteiger partial charge in [0, 0.05) is 29.6 Å². The molecule has 3 aliphatic rings. The zero-order valence-electron chi connectivity index (χ0n) is 24.7. The number of nitrogens with one attached hydrogen (secondary N) is 2. The number of hydrogen-bond acceptors (Lipinski definition) is 5. The Bertz CT molecular complexity index is 1320. The van der Waals surface area contributed by atoms with Crippen LogP contribution in [0.25, 0.3) is 0 Å².